The second-order valence-electron chi connectivity index (χ2n) is 30.3. The topological polar surface area (TPSA) is 299 Å². The third-order valence-corrected chi connectivity index (χ3v) is 22.7. The maximum absolute atomic E-state index is 14.1. The Morgan fingerprint density at radius 3 is 1.34 bits per heavy atom. The number of quaternary nitrogens is 1. The molecule has 2 saturated heterocycles. The van der Waals surface area contributed by atoms with Crippen molar-refractivity contribution in [2.75, 3.05) is 13.1 Å². The van der Waals surface area contributed by atoms with Crippen LogP contribution in [0.5, 0.6) is 0 Å². The average Bonchev–Trinajstić information content (AvgIpc) is 1.43. The van der Waals surface area contributed by atoms with Crippen LogP contribution in [0.25, 0.3) is 0 Å². The van der Waals surface area contributed by atoms with Crippen LogP contribution in [0, 0.1) is 35.5 Å². The number of rotatable bonds is 33. The number of carbonyl (C=O) groups excluding carboxylic acids is 9. The van der Waals surface area contributed by atoms with Gasteiger partial charge >= 0.3 is 30.0 Å². The summed E-state index contributed by atoms with van der Waals surface area (Å²) in [4.78, 5) is 124. The van der Waals surface area contributed by atoms with E-state index in [-0.39, 0.29) is 78.5 Å². The normalized spacial score (nSPS) is 18.3. The van der Waals surface area contributed by atoms with Crippen LogP contribution in [0.3, 0.4) is 0 Å². The van der Waals surface area contributed by atoms with E-state index < -0.39 is 116 Å². The van der Waals surface area contributed by atoms with Crippen molar-refractivity contribution in [2.24, 2.45) is 35.5 Å². The number of alkyl carbamates (subject to hydrolysis) is 1. The molecular formula is C73H121N6O16Si+. The quantitative estimate of drug-likeness (QED) is 0.0252. The molecule has 0 unspecified atom stereocenters. The van der Waals surface area contributed by atoms with Crippen LogP contribution in [0.15, 0.2) is 60.7 Å². The highest BCUT2D eigenvalue weighted by molar-refractivity contribution is 6.74. The van der Waals surface area contributed by atoms with Crippen LogP contribution in [0.4, 0.5) is 4.79 Å². The average molecular weight is 1370 g/mol. The Labute approximate surface area is 574 Å². The number of esters is 4. The number of likely N-dealkylation sites (tertiary alicyclic amines) is 2. The second-order valence-corrected chi connectivity index (χ2v) is 35.0. The van der Waals surface area contributed by atoms with Gasteiger partial charge in [0.25, 0.3) is 11.8 Å². The molecule has 23 heteroatoms. The molecule has 0 saturated carbocycles. The molecule has 0 aromatic heterocycles. The van der Waals surface area contributed by atoms with Gasteiger partial charge in [0.05, 0.1) is 25.0 Å². The lowest BCUT2D eigenvalue weighted by Crippen LogP contribution is -2.69. The fourth-order valence-corrected chi connectivity index (χ4v) is 12.5. The van der Waals surface area contributed by atoms with Gasteiger partial charge in [-0.1, -0.05) is 171 Å². The number of carbonyl (C=O) groups is 9. The Morgan fingerprint density at radius 2 is 0.990 bits per heavy atom. The second kappa shape index (κ2) is 39.2. The molecule has 2 heterocycles. The van der Waals surface area contributed by atoms with Gasteiger partial charge in [-0.3, -0.25) is 28.8 Å². The van der Waals surface area contributed by atoms with E-state index in [0.29, 0.717) is 58.0 Å². The van der Waals surface area contributed by atoms with Crippen LogP contribution >= 0.6 is 0 Å². The summed E-state index contributed by atoms with van der Waals surface area (Å²) in [6.45, 7) is 39.5. The van der Waals surface area contributed by atoms with E-state index in [2.05, 4.69) is 55.5 Å². The van der Waals surface area contributed by atoms with Crippen LogP contribution in [-0.4, -0.2) is 156 Å². The number of amides is 5. The van der Waals surface area contributed by atoms with Crippen molar-refractivity contribution in [1.29, 1.82) is 0 Å². The van der Waals surface area contributed by atoms with Crippen LogP contribution in [0.2, 0.25) is 18.1 Å². The number of hydrogen-bond acceptors (Lipinski definition) is 16. The number of hydrogen-bond donors (Lipinski definition) is 5. The van der Waals surface area contributed by atoms with Gasteiger partial charge in [0.1, 0.15) is 55.1 Å². The van der Waals surface area contributed by atoms with Crippen LogP contribution in [-0.2, 0) is 79.7 Å². The minimum absolute atomic E-state index is 0.0311. The SMILES string of the molecule is CC[C@H](C)[C@@H](NC(=O)OC(C)(C)C)[C@H](CC(=O)O[C@H](C(=O)N[C@@H](CC(C)C)C(=O)N1CCC[C@H]1C(=O)OCc1ccccc1)C(C)C)O[Si](C)(C)C(C)(C)C.CC[C@H](C)[C@@H]([NH3+])[C@@H](O)CC(=O)O[C@H](C(=O)N[C@@H](CC(C)C)C(=O)N1CCC[C@H]1C(=O)OCc1ccccc1)C(C)C. The summed E-state index contributed by atoms with van der Waals surface area (Å²) in [5.74, 6) is -4.90. The molecule has 5 amide bonds. The Morgan fingerprint density at radius 1 is 0.594 bits per heavy atom. The first-order valence-corrected chi connectivity index (χ1v) is 37.8. The van der Waals surface area contributed by atoms with Gasteiger partial charge in [-0.05, 0) is 125 Å². The van der Waals surface area contributed by atoms with Gasteiger partial charge in [0, 0.05) is 19.0 Å². The van der Waals surface area contributed by atoms with Crippen molar-refractivity contribution in [3.63, 3.8) is 0 Å². The Bertz CT molecular complexity index is 2790. The van der Waals surface area contributed by atoms with E-state index in [1.54, 1.807) is 48.5 Å². The zero-order valence-corrected chi connectivity index (χ0v) is 62.6. The van der Waals surface area contributed by atoms with Crippen molar-refractivity contribution in [3.05, 3.63) is 71.8 Å². The minimum Gasteiger partial charge on any atom is -0.459 e. The fraction of sp³-hybridized carbons (Fsp3) is 0.712. The zero-order valence-electron chi connectivity index (χ0n) is 61.6. The third kappa shape index (κ3) is 27.5. The minimum atomic E-state index is -2.49. The first-order chi connectivity index (χ1) is 44.7. The van der Waals surface area contributed by atoms with Gasteiger partial charge in [0.2, 0.25) is 11.8 Å². The summed E-state index contributed by atoms with van der Waals surface area (Å²) in [5, 5.41) is 18.9. The molecule has 7 N–H and O–H groups in total. The van der Waals surface area contributed by atoms with Crippen molar-refractivity contribution < 1.29 is 82.1 Å². The summed E-state index contributed by atoms with van der Waals surface area (Å²) in [6, 6.07) is 14.4. The number of nitrogens with zero attached hydrogens (tertiary/aromatic N) is 2. The maximum atomic E-state index is 14.1. The number of ether oxygens (including phenoxy) is 5. The Kier molecular flexibility index (Phi) is 34.2. The van der Waals surface area contributed by atoms with E-state index in [4.69, 9.17) is 28.1 Å². The van der Waals surface area contributed by atoms with Crippen molar-refractivity contribution in [3.8, 4) is 0 Å². The Hall–Kier alpha value is -6.43. The van der Waals surface area contributed by atoms with Gasteiger partial charge in [0.15, 0.2) is 20.5 Å². The largest absolute Gasteiger partial charge is 0.459 e. The molecule has 2 aliphatic rings. The molecule has 2 aliphatic heterocycles. The molecule has 4 rings (SSSR count). The molecule has 12 atom stereocenters. The molecule has 0 spiro atoms. The first kappa shape index (κ1) is 83.8. The molecule has 96 heavy (non-hydrogen) atoms. The lowest BCUT2D eigenvalue weighted by atomic mass is 9.92. The van der Waals surface area contributed by atoms with Gasteiger partial charge < -0.3 is 64.7 Å². The summed E-state index contributed by atoms with van der Waals surface area (Å²) < 4.78 is 35.0. The molecule has 0 bridgehead atoms. The van der Waals surface area contributed by atoms with Crippen LogP contribution < -0.4 is 21.7 Å². The van der Waals surface area contributed by atoms with Crippen molar-refractivity contribution in [2.45, 2.75) is 286 Å². The Balaban J connectivity index is 0.000000522. The first-order valence-electron chi connectivity index (χ1n) is 34.9. The van der Waals surface area contributed by atoms with E-state index in [0.717, 1.165) is 17.5 Å². The predicted molar refractivity (Wildman–Crippen MR) is 370 cm³/mol. The number of nitrogens with one attached hydrogen (secondary N) is 3. The highest BCUT2D eigenvalue weighted by Gasteiger charge is 2.46. The van der Waals surface area contributed by atoms with Gasteiger partial charge in [-0.25, -0.2) is 14.4 Å². The molecule has 542 valence electrons. The van der Waals surface area contributed by atoms with Gasteiger partial charge in [-0.15, -0.1) is 0 Å². The fourth-order valence-electron chi connectivity index (χ4n) is 11.1. The zero-order chi connectivity index (χ0) is 72.6. The summed E-state index contributed by atoms with van der Waals surface area (Å²) in [5.41, 5.74) is 4.94. The smallest absolute Gasteiger partial charge is 0.407 e. The molecule has 0 aliphatic carbocycles. The predicted octanol–water partition coefficient (Wildman–Crippen LogP) is 9.77. The van der Waals surface area contributed by atoms with E-state index in [1.165, 1.54) is 9.80 Å². The van der Waals surface area contributed by atoms with Crippen molar-refractivity contribution in [1.82, 2.24) is 25.8 Å². The standard InChI is InChI=1S/C42H71N3O9Si.C31H49N3O7/c1-15-29(6)35(44-40(50)53-41(7,8)9)33(54-55(13,14)42(10,11)12)25-34(46)52-36(28(4)5)37(47)43-31(24-27(2)3)38(48)45-23-19-22-32(45)39(49)51-26-30-20-17-16-18-21-30;1-7-21(6)27(32)25(35)17-26(36)41-28(20(4)5)29(37)33-23(16-19(2)3)30(38)34-15-11-14-24(34)31(39)40-18-22-12-9-8-10-13-22/h16-18,20-21,27-29,31-33,35-36H,15,19,22-26H2,1-14H3,(H,43,47)(H,44,50);8-10,12-13,19-21,23-25,27-28,35H,7,11,14-18,32H2,1-6H3,(H,33,37)/p+1/t29-,31-,32-,33-,35+,36-;21-,23-,24-,25-,27+,28-/m00/s1. The summed E-state index contributed by atoms with van der Waals surface area (Å²) >= 11 is 0. The number of benzene rings is 2. The lowest BCUT2D eigenvalue weighted by Gasteiger charge is -2.42. The molecule has 22 nitrogen and oxygen atoms in total. The molecule has 2 aromatic rings. The maximum Gasteiger partial charge on any atom is 0.407 e. The highest BCUT2D eigenvalue weighted by atomic mass is 28.4. The molecule has 2 aromatic carbocycles. The van der Waals surface area contributed by atoms with E-state index in [1.807, 2.05) is 116 Å². The summed E-state index contributed by atoms with van der Waals surface area (Å²) in [7, 11) is -2.49. The molecular weight excluding hydrogens is 1240 g/mol. The van der Waals surface area contributed by atoms with Crippen molar-refractivity contribution >= 4 is 61.9 Å². The highest BCUT2D eigenvalue weighted by Crippen LogP contribution is 2.39. The van der Waals surface area contributed by atoms with Crippen LogP contribution in [0.1, 0.15) is 200 Å². The summed E-state index contributed by atoms with van der Waals surface area (Å²) in [6.07, 6.45) is -0.815. The van der Waals surface area contributed by atoms with Gasteiger partial charge in [-0.2, -0.15) is 0 Å². The third-order valence-electron chi connectivity index (χ3n) is 18.2. The number of aliphatic hydroxyl groups excluding tert-OH is 1. The lowest BCUT2D eigenvalue weighted by molar-refractivity contribution is -0.449. The van der Waals surface area contributed by atoms with E-state index >= 15 is 0 Å². The monoisotopic (exact) mass is 1370 g/mol. The number of aliphatic hydroxyl groups is 1. The molecule has 2 fully saturated rings. The molecule has 0 radical (unpaired) electrons. The van der Waals surface area contributed by atoms with E-state index in [9.17, 15) is 48.3 Å².